The van der Waals surface area contributed by atoms with E-state index >= 15 is 0 Å². The van der Waals surface area contributed by atoms with Crippen molar-refractivity contribution in [1.29, 1.82) is 0 Å². The third-order valence-corrected chi connectivity index (χ3v) is 5.01. The second-order valence-corrected chi connectivity index (χ2v) is 6.56. The van der Waals surface area contributed by atoms with E-state index in [2.05, 4.69) is 0 Å². The topological polar surface area (TPSA) is 63.0 Å². The average molecular weight is 340 g/mol. The van der Waals surface area contributed by atoms with E-state index in [0.717, 1.165) is 5.69 Å². The van der Waals surface area contributed by atoms with Gasteiger partial charge in [0.15, 0.2) is 5.76 Å². The van der Waals surface area contributed by atoms with Crippen molar-refractivity contribution in [1.82, 2.24) is 4.90 Å². The average Bonchev–Trinajstić information content (AvgIpc) is 3.20. The zero-order valence-electron chi connectivity index (χ0n) is 13.9. The van der Waals surface area contributed by atoms with Crippen LogP contribution in [0.15, 0.2) is 53.1 Å². The lowest BCUT2D eigenvalue weighted by Crippen LogP contribution is -2.59. The number of hydrogen-bond acceptors (Lipinski definition) is 4. The molecule has 0 bridgehead atoms. The largest absolute Gasteiger partial charge is 0.459 e. The molecule has 1 spiro atoms. The van der Waals surface area contributed by atoms with Crippen LogP contribution in [0.4, 0.5) is 5.69 Å². The Labute approximate surface area is 146 Å². The number of amides is 2. The van der Waals surface area contributed by atoms with Gasteiger partial charge < -0.3 is 19.0 Å². The van der Waals surface area contributed by atoms with Crippen LogP contribution in [0.2, 0.25) is 0 Å². The quantitative estimate of drug-likeness (QED) is 0.842. The number of morpholine rings is 1. The molecule has 1 aromatic carbocycles. The molecule has 6 nitrogen and oxygen atoms in total. The molecule has 0 aliphatic carbocycles. The number of hydrogen-bond donors (Lipinski definition) is 0. The highest BCUT2D eigenvalue weighted by atomic mass is 16.5. The highest BCUT2D eigenvalue weighted by Gasteiger charge is 2.43. The Morgan fingerprint density at radius 3 is 2.48 bits per heavy atom. The van der Waals surface area contributed by atoms with Crippen molar-refractivity contribution in [2.24, 2.45) is 0 Å². The molecule has 2 aliphatic heterocycles. The minimum Gasteiger partial charge on any atom is -0.459 e. The number of carbonyl (C=O) groups excluding carboxylic acids is 2. The second kappa shape index (κ2) is 6.37. The number of likely N-dealkylation sites (tertiary alicyclic amines) is 1. The van der Waals surface area contributed by atoms with Crippen molar-refractivity contribution in [3.05, 3.63) is 54.5 Å². The molecule has 4 rings (SSSR count). The number of para-hydroxylation sites is 1. The maximum absolute atomic E-state index is 12.4. The summed E-state index contributed by atoms with van der Waals surface area (Å²) in [5.41, 5.74) is 0.508. The molecular weight excluding hydrogens is 320 g/mol. The Morgan fingerprint density at radius 1 is 1.04 bits per heavy atom. The fraction of sp³-hybridized carbons (Fsp3) is 0.368. The van der Waals surface area contributed by atoms with Gasteiger partial charge in [-0.15, -0.1) is 0 Å². The summed E-state index contributed by atoms with van der Waals surface area (Å²) in [5.74, 6) is 0.249. The summed E-state index contributed by atoms with van der Waals surface area (Å²) >= 11 is 0. The Morgan fingerprint density at radius 2 is 1.80 bits per heavy atom. The first-order valence-electron chi connectivity index (χ1n) is 8.49. The lowest BCUT2D eigenvalue weighted by molar-refractivity contribution is -0.143. The van der Waals surface area contributed by atoms with E-state index in [1.165, 1.54) is 6.26 Å². The zero-order chi connectivity index (χ0) is 17.3. The van der Waals surface area contributed by atoms with Crippen LogP contribution in [-0.2, 0) is 9.53 Å². The highest BCUT2D eigenvalue weighted by molar-refractivity contribution is 5.95. The summed E-state index contributed by atoms with van der Waals surface area (Å²) < 4.78 is 11.1. The first-order chi connectivity index (χ1) is 12.2. The van der Waals surface area contributed by atoms with E-state index in [1.54, 1.807) is 21.9 Å². The van der Waals surface area contributed by atoms with Crippen LogP contribution < -0.4 is 4.90 Å². The standard InChI is InChI=1S/C19H20N2O4/c22-17-13-25-19(14-21(17)15-5-2-1-3-6-15)8-10-20(11-9-19)18(23)16-7-4-12-24-16/h1-7,12H,8-11,13-14H2. The fourth-order valence-corrected chi connectivity index (χ4v) is 3.53. The first-order valence-corrected chi connectivity index (χ1v) is 8.49. The van der Waals surface area contributed by atoms with Crippen LogP contribution >= 0.6 is 0 Å². The summed E-state index contributed by atoms with van der Waals surface area (Å²) in [4.78, 5) is 28.3. The van der Waals surface area contributed by atoms with E-state index in [0.29, 0.717) is 38.2 Å². The van der Waals surface area contributed by atoms with E-state index < -0.39 is 0 Å². The van der Waals surface area contributed by atoms with Crippen LogP contribution in [0.5, 0.6) is 0 Å². The fourth-order valence-electron chi connectivity index (χ4n) is 3.53. The van der Waals surface area contributed by atoms with Crippen molar-refractivity contribution in [3.63, 3.8) is 0 Å². The molecule has 3 heterocycles. The predicted molar refractivity (Wildman–Crippen MR) is 91.3 cm³/mol. The minimum absolute atomic E-state index is 0.0223. The molecule has 0 radical (unpaired) electrons. The van der Waals surface area contributed by atoms with Crippen LogP contribution in [0.3, 0.4) is 0 Å². The SMILES string of the molecule is O=C(c1ccco1)N1CCC2(CC1)CN(c1ccccc1)C(=O)CO2. The normalized spacial score (nSPS) is 20.1. The summed E-state index contributed by atoms with van der Waals surface area (Å²) in [6, 6.07) is 13.1. The molecular formula is C19H20N2O4. The van der Waals surface area contributed by atoms with Crippen molar-refractivity contribution in [3.8, 4) is 0 Å². The van der Waals surface area contributed by atoms with E-state index in [-0.39, 0.29) is 24.0 Å². The maximum atomic E-state index is 12.4. The zero-order valence-corrected chi connectivity index (χ0v) is 13.9. The Kier molecular flexibility index (Phi) is 4.05. The van der Waals surface area contributed by atoms with Crippen LogP contribution in [0, 0.1) is 0 Å². The molecule has 1 aromatic heterocycles. The van der Waals surface area contributed by atoms with Gasteiger partial charge in [0, 0.05) is 18.8 Å². The van der Waals surface area contributed by atoms with Gasteiger partial charge in [-0.3, -0.25) is 9.59 Å². The minimum atomic E-state index is -0.385. The van der Waals surface area contributed by atoms with Crippen LogP contribution in [0.1, 0.15) is 23.4 Å². The molecule has 2 amide bonds. The Bertz CT molecular complexity index is 749. The lowest BCUT2D eigenvalue weighted by atomic mass is 9.89. The molecule has 2 aliphatic rings. The third kappa shape index (κ3) is 3.05. The number of piperidine rings is 1. The van der Waals surface area contributed by atoms with Crippen LogP contribution in [0.25, 0.3) is 0 Å². The van der Waals surface area contributed by atoms with Crippen LogP contribution in [-0.4, -0.2) is 48.6 Å². The number of rotatable bonds is 2. The Hall–Kier alpha value is -2.60. The molecule has 2 fully saturated rings. The molecule has 2 saturated heterocycles. The van der Waals surface area contributed by atoms with Gasteiger partial charge >= 0.3 is 0 Å². The van der Waals surface area contributed by atoms with Gasteiger partial charge in [0.05, 0.1) is 18.4 Å². The number of furan rings is 1. The lowest BCUT2D eigenvalue weighted by Gasteiger charge is -2.46. The van der Waals surface area contributed by atoms with Gasteiger partial charge in [0.1, 0.15) is 6.61 Å². The molecule has 0 saturated carbocycles. The van der Waals surface area contributed by atoms with E-state index in [1.807, 2.05) is 30.3 Å². The van der Waals surface area contributed by atoms with E-state index in [9.17, 15) is 9.59 Å². The van der Waals surface area contributed by atoms with Gasteiger partial charge in [-0.2, -0.15) is 0 Å². The molecule has 0 unspecified atom stereocenters. The monoisotopic (exact) mass is 340 g/mol. The Balaban J connectivity index is 1.45. The number of benzene rings is 1. The van der Waals surface area contributed by atoms with Gasteiger partial charge in [0.25, 0.3) is 11.8 Å². The molecule has 0 atom stereocenters. The van der Waals surface area contributed by atoms with Gasteiger partial charge in [-0.05, 0) is 37.1 Å². The molecule has 130 valence electrons. The number of nitrogens with zero attached hydrogens (tertiary/aromatic N) is 2. The smallest absolute Gasteiger partial charge is 0.289 e. The molecule has 2 aromatic rings. The van der Waals surface area contributed by atoms with Gasteiger partial charge in [-0.25, -0.2) is 0 Å². The summed E-state index contributed by atoms with van der Waals surface area (Å²) in [6.45, 7) is 1.80. The third-order valence-electron chi connectivity index (χ3n) is 5.01. The number of carbonyl (C=O) groups is 2. The summed E-state index contributed by atoms with van der Waals surface area (Å²) in [5, 5.41) is 0. The summed E-state index contributed by atoms with van der Waals surface area (Å²) in [6.07, 6.45) is 2.92. The predicted octanol–water partition coefficient (Wildman–Crippen LogP) is 2.32. The second-order valence-electron chi connectivity index (χ2n) is 6.56. The van der Waals surface area contributed by atoms with Gasteiger partial charge in [0.2, 0.25) is 0 Å². The van der Waals surface area contributed by atoms with Crippen molar-refractivity contribution < 1.29 is 18.7 Å². The first kappa shape index (κ1) is 15.9. The molecule has 0 N–H and O–H groups in total. The maximum Gasteiger partial charge on any atom is 0.289 e. The number of ether oxygens (including phenoxy) is 1. The number of anilines is 1. The highest BCUT2D eigenvalue weighted by Crippen LogP contribution is 2.33. The van der Waals surface area contributed by atoms with Crippen molar-refractivity contribution >= 4 is 17.5 Å². The van der Waals surface area contributed by atoms with Crippen molar-refractivity contribution in [2.45, 2.75) is 18.4 Å². The van der Waals surface area contributed by atoms with E-state index in [4.69, 9.17) is 9.15 Å². The molecule has 6 heteroatoms. The summed E-state index contributed by atoms with van der Waals surface area (Å²) in [7, 11) is 0. The van der Waals surface area contributed by atoms with Crippen molar-refractivity contribution in [2.75, 3.05) is 31.1 Å². The molecule has 25 heavy (non-hydrogen) atoms. The van der Waals surface area contributed by atoms with Gasteiger partial charge in [-0.1, -0.05) is 18.2 Å².